The molecule has 4 aliphatic rings. The first-order valence-corrected chi connectivity index (χ1v) is 16.6. The first-order chi connectivity index (χ1) is 23.7. The Balaban J connectivity index is 1.18. The van der Waals surface area contributed by atoms with Crippen LogP contribution in [0.5, 0.6) is 5.75 Å². The molecule has 3 heterocycles. The first-order valence-electron chi connectivity index (χ1n) is 15.9. The molecule has 0 saturated carbocycles. The lowest BCUT2D eigenvalue weighted by Crippen LogP contribution is -2.46. The Hall–Kier alpha value is -4.64. The number of morpholine rings is 1. The number of para-hydroxylation sites is 1. The highest BCUT2D eigenvalue weighted by molar-refractivity contribution is 6.40. The molecule has 2 fully saturated rings. The van der Waals surface area contributed by atoms with Crippen molar-refractivity contribution in [3.05, 3.63) is 111 Å². The number of halogens is 3. The average molecular weight is 704 g/mol. The van der Waals surface area contributed by atoms with Gasteiger partial charge in [0.05, 0.1) is 71.5 Å². The summed E-state index contributed by atoms with van der Waals surface area (Å²) in [6.45, 7) is 1.12. The smallest absolute Gasteiger partial charge is 0.340 e. The van der Waals surface area contributed by atoms with E-state index in [1.165, 1.54) is 18.1 Å². The number of carbonyl (C=O) groups is 2. The molecule has 3 aliphatic heterocycles. The van der Waals surface area contributed by atoms with E-state index in [0.29, 0.717) is 52.6 Å². The van der Waals surface area contributed by atoms with Crippen molar-refractivity contribution in [2.24, 2.45) is 0 Å². The summed E-state index contributed by atoms with van der Waals surface area (Å²) in [7, 11) is 3.05. The van der Waals surface area contributed by atoms with Crippen molar-refractivity contribution in [2.45, 2.75) is 31.5 Å². The molecule has 0 spiro atoms. The van der Waals surface area contributed by atoms with Crippen molar-refractivity contribution in [3.63, 3.8) is 0 Å². The van der Waals surface area contributed by atoms with E-state index in [-0.39, 0.29) is 52.1 Å². The highest BCUT2D eigenvalue weighted by atomic mass is 35.5. The van der Waals surface area contributed by atoms with Gasteiger partial charge in [0.2, 0.25) is 0 Å². The van der Waals surface area contributed by atoms with E-state index in [1.54, 1.807) is 55.7 Å². The number of nitrogens with zero attached hydrogens (tertiary/aromatic N) is 2. The number of ether oxygens (including phenoxy) is 3. The number of fused-ring (bicyclic) bond motifs is 3. The lowest BCUT2D eigenvalue weighted by Gasteiger charge is -2.37. The maximum absolute atomic E-state index is 15.9. The van der Waals surface area contributed by atoms with Gasteiger partial charge in [-0.05, 0) is 60.4 Å². The van der Waals surface area contributed by atoms with Gasteiger partial charge in [-0.25, -0.2) is 9.18 Å². The Labute approximate surface area is 293 Å². The molecule has 3 aromatic rings. The molecule has 2 unspecified atom stereocenters. The minimum Gasteiger partial charge on any atom is -0.472 e. The maximum atomic E-state index is 15.9. The Morgan fingerprint density at radius 2 is 1.80 bits per heavy atom. The van der Waals surface area contributed by atoms with Gasteiger partial charge >= 0.3 is 5.97 Å². The summed E-state index contributed by atoms with van der Waals surface area (Å²) >= 11 is 13.4. The molecule has 2 atom stereocenters. The minimum absolute atomic E-state index is 0.0758. The van der Waals surface area contributed by atoms with Crippen molar-refractivity contribution in [1.29, 1.82) is 5.41 Å². The molecular weight excluding hydrogens is 670 g/mol. The fourth-order valence-electron chi connectivity index (χ4n) is 7.01. The largest absolute Gasteiger partial charge is 0.472 e. The molecule has 0 aromatic heterocycles. The molecule has 252 valence electrons. The molecule has 2 saturated heterocycles. The Bertz CT molecular complexity index is 1950. The van der Waals surface area contributed by atoms with Crippen LogP contribution in [-0.2, 0) is 16.0 Å². The SMILES string of the molecule is CN/C=C1/C=C(c2cc(Cl)c(C(=O)N3COc4c(cccc4-c4cc(N5C6CCC5COC6)c(C(=O)OC)cc4F)C3)c(Cl)c2)C=CC1=N. The molecular formula is C37H33Cl2FN4O5. The minimum atomic E-state index is -0.611. The zero-order valence-corrected chi connectivity index (χ0v) is 28.3. The molecule has 1 amide bonds. The van der Waals surface area contributed by atoms with Gasteiger partial charge < -0.3 is 34.7 Å². The highest BCUT2D eigenvalue weighted by Gasteiger charge is 2.40. The monoisotopic (exact) mass is 702 g/mol. The second-order valence-electron chi connectivity index (χ2n) is 12.3. The standard InChI is InChI=1S/C37H33Cl2FN4O5/c1-42-15-23-10-20(6-9-32(23)41)22-11-29(38)34(30(39)12-22)36(45)43-16-21-4-3-5-26(35(21)49-19-43)27-14-33(28(13-31(27)40)37(46)47-2)44-24-7-8-25(44)18-48-17-24/h3-6,9-15,24-25,41-42H,7-8,16-19H2,1-2H3/b23-15-,41-32?. The Morgan fingerprint density at radius 1 is 1.06 bits per heavy atom. The van der Waals surface area contributed by atoms with Gasteiger partial charge in [-0.3, -0.25) is 4.79 Å². The van der Waals surface area contributed by atoms with Crippen molar-refractivity contribution >= 4 is 52.1 Å². The molecule has 3 aromatic carbocycles. The van der Waals surface area contributed by atoms with Gasteiger partial charge in [0.25, 0.3) is 5.91 Å². The third-order valence-corrected chi connectivity index (χ3v) is 9.95. The van der Waals surface area contributed by atoms with Crippen LogP contribution in [0.3, 0.4) is 0 Å². The van der Waals surface area contributed by atoms with Crippen LogP contribution in [0.15, 0.2) is 72.5 Å². The summed E-state index contributed by atoms with van der Waals surface area (Å²) in [5.41, 5.74) is 4.92. The zero-order valence-electron chi connectivity index (χ0n) is 26.8. The van der Waals surface area contributed by atoms with Crippen LogP contribution < -0.4 is 15.0 Å². The van der Waals surface area contributed by atoms with E-state index >= 15 is 4.39 Å². The Morgan fingerprint density at radius 3 is 2.49 bits per heavy atom. The van der Waals surface area contributed by atoms with E-state index in [4.69, 9.17) is 42.8 Å². The quantitative estimate of drug-likeness (QED) is 0.266. The molecule has 12 heteroatoms. The fourth-order valence-corrected chi connectivity index (χ4v) is 7.66. The fraction of sp³-hybridized carbons (Fsp3) is 0.270. The van der Waals surface area contributed by atoms with Gasteiger partial charge in [-0.15, -0.1) is 0 Å². The highest BCUT2D eigenvalue weighted by Crippen LogP contribution is 2.43. The summed E-state index contributed by atoms with van der Waals surface area (Å²) < 4.78 is 32.9. The lowest BCUT2D eigenvalue weighted by atomic mass is 9.94. The van der Waals surface area contributed by atoms with Gasteiger partial charge in [0, 0.05) is 35.5 Å². The number of hydrogen-bond donors (Lipinski definition) is 2. The van der Waals surface area contributed by atoms with Crippen LogP contribution in [0, 0.1) is 11.2 Å². The first kappa shape index (κ1) is 32.9. The van der Waals surface area contributed by atoms with Crippen LogP contribution in [0.4, 0.5) is 10.1 Å². The van der Waals surface area contributed by atoms with Crippen molar-refractivity contribution in [1.82, 2.24) is 10.2 Å². The molecule has 0 radical (unpaired) electrons. The van der Waals surface area contributed by atoms with E-state index < -0.39 is 17.7 Å². The van der Waals surface area contributed by atoms with Gasteiger partial charge in [0.15, 0.2) is 6.73 Å². The van der Waals surface area contributed by atoms with Crippen molar-refractivity contribution < 1.29 is 28.2 Å². The number of amides is 1. The van der Waals surface area contributed by atoms with Gasteiger partial charge in [-0.2, -0.15) is 0 Å². The molecule has 49 heavy (non-hydrogen) atoms. The second kappa shape index (κ2) is 13.3. The van der Waals surface area contributed by atoms with E-state index in [0.717, 1.165) is 18.4 Å². The lowest BCUT2D eigenvalue weighted by molar-refractivity contribution is 0.0515. The van der Waals surface area contributed by atoms with Gasteiger partial charge in [0.1, 0.15) is 11.6 Å². The summed E-state index contributed by atoms with van der Waals surface area (Å²) in [5, 5.41) is 11.4. The number of anilines is 1. The van der Waals surface area contributed by atoms with Gasteiger partial charge in [-0.1, -0.05) is 47.5 Å². The predicted octanol–water partition coefficient (Wildman–Crippen LogP) is 7.02. The third kappa shape index (κ3) is 5.98. The van der Waals surface area contributed by atoms with Crippen molar-refractivity contribution in [2.75, 3.05) is 39.0 Å². The molecule has 1 aliphatic carbocycles. The third-order valence-electron chi connectivity index (χ3n) is 9.35. The van der Waals surface area contributed by atoms with E-state index in [2.05, 4.69) is 10.2 Å². The number of hydrogen-bond acceptors (Lipinski definition) is 8. The molecule has 9 nitrogen and oxygen atoms in total. The number of allylic oxidation sites excluding steroid dienone is 5. The number of methoxy groups -OCH3 is 1. The van der Waals surface area contributed by atoms with Crippen molar-refractivity contribution in [3.8, 4) is 16.9 Å². The molecule has 2 bridgehead atoms. The number of carbonyl (C=O) groups excluding carboxylic acids is 2. The number of nitrogens with one attached hydrogen (secondary N) is 2. The van der Waals surface area contributed by atoms with E-state index in [9.17, 15) is 9.59 Å². The summed E-state index contributed by atoms with van der Waals surface area (Å²) in [5.74, 6) is -1.17. The zero-order chi connectivity index (χ0) is 34.4. The topological polar surface area (TPSA) is 104 Å². The second-order valence-corrected chi connectivity index (χ2v) is 13.1. The van der Waals surface area contributed by atoms with Crippen LogP contribution in [0.2, 0.25) is 10.0 Å². The molecule has 2 N–H and O–H groups in total. The van der Waals surface area contributed by atoms with Crippen LogP contribution >= 0.6 is 23.2 Å². The van der Waals surface area contributed by atoms with E-state index in [1.807, 2.05) is 12.1 Å². The summed E-state index contributed by atoms with van der Waals surface area (Å²) in [6.07, 6.45) is 8.88. The summed E-state index contributed by atoms with van der Waals surface area (Å²) in [4.78, 5) is 30.3. The van der Waals surface area contributed by atoms with Crippen LogP contribution in [0.25, 0.3) is 16.7 Å². The predicted molar refractivity (Wildman–Crippen MR) is 187 cm³/mol. The normalized spacial score (nSPS) is 20.6. The number of esters is 1. The molecule has 7 rings (SSSR count). The van der Waals surface area contributed by atoms with Crippen LogP contribution in [-0.4, -0.2) is 68.7 Å². The number of benzene rings is 3. The average Bonchev–Trinajstić information content (AvgIpc) is 3.34. The Kier molecular flexibility index (Phi) is 8.96. The number of rotatable bonds is 6. The maximum Gasteiger partial charge on any atom is 0.340 e. The summed E-state index contributed by atoms with van der Waals surface area (Å²) in [6, 6.07) is 11.8. The van der Waals surface area contributed by atoms with Crippen LogP contribution in [0.1, 0.15) is 44.7 Å².